The van der Waals surface area contributed by atoms with Gasteiger partial charge in [0.05, 0.1) is 8.79 Å². The fourth-order valence-electron chi connectivity index (χ4n) is 1.73. The van der Waals surface area contributed by atoms with Crippen molar-refractivity contribution in [2.24, 2.45) is 0 Å². The maximum Gasteiger partial charge on any atom is 0.0894 e. The third-order valence-corrected chi connectivity index (χ3v) is 4.09. The molecule has 78 valence electrons. The van der Waals surface area contributed by atoms with Crippen molar-refractivity contribution < 1.29 is 0 Å². The molecule has 0 amide bonds. The molecule has 0 aliphatic carbocycles. The summed E-state index contributed by atoms with van der Waals surface area (Å²) >= 11 is 5.22. The predicted molar refractivity (Wildman–Crippen MR) is 66.2 cm³/mol. The highest BCUT2D eigenvalue weighted by Crippen LogP contribution is 2.26. The topological polar surface area (TPSA) is 24.1 Å². The number of halogens is 1. The Labute approximate surface area is 97.2 Å². The van der Waals surface area contributed by atoms with E-state index in [1.807, 2.05) is 0 Å². The lowest BCUT2D eigenvalue weighted by atomic mass is 10.1. The minimum atomic E-state index is 0.657. The van der Waals surface area contributed by atoms with E-state index in [1.165, 1.54) is 34.6 Å². The van der Waals surface area contributed by atoms with Crippen LogP contribution in [0.3, 0.4) is 0 Å². The molecule has 1 atom stereocenters. The number of rotatable bonds is 3. The summed E-state index contributed by atoms with van der Waals surface area (Å²) in [5.41, 5.74) is 0. The zero-order valence-corrected chi connectivity index (χ0v) is 10.5. The molecule has 0 spiro atoms. The molecule has 0 bridgehead atoms. The van der Waals surface area contributed by atoms with Crippen molar-refractivity contribution in [3.8, 4) is 0 Å². The Morgan fingerprint density at radius 2 is 2.43 bits per heavy atom. The van der Waals surface area contributed by atoms with Crippen molar-refractivity contribution in [1.29, 1.82) is 0 Å². The van der Waals surface area contributed by atoms with Crippen LogP contribution in [0.15, 0.2) is 15.9 Å². The van der Waals surface area contributed by atoms with Gasteiger partial charge in [0, 0.05) is 12.6 Å². The normalized spacial score (nSPS) is 22.2. The summed E-state index contributed by atoms with van der Waals surface area (Å²) in [6.45, 7) is 2.23. The molecule has 0 radical (unpaired) electrons. The minimum Gasteiger partial charge on any atom is -0.375 e. The Balaban J connectivity index is 1.76. The Morgan fingerprint density at radius 1 is 1.50 bits per heavy atom. The van der Waals surface area contributed by atoms with Crippen molar-refractivity contribution in [2.45, 2.75) is 25.3 Å². The van der Waals surface area contributed by atoms with Gasteiger partial charge in [-0.05, 0) is 47.4 Å². The molecule has 1 saturated heterocycles. The van der Waals surface area contributed by atoms with E-state index in [0.29, 0.717) is 6.04 Å². The monoisotopic (exact) mass is 274 g/mol. The predicted octanol–water partition coefficient (Wildman–Crippen LogP) is 3.06. The fraction of sp³-hybridized carbons (Fsp3) is 0.600. The molecular formula is C10H15BrN2S. The second-order valence-corrected chi connectivity index (χ2v) is 6.09. The third-order valence-electron chi connectivity index (χ3n) is 2.51. The van der Waals surface area contributed by atoms with Gasteiger partial charge in [0.2, 0.25) is 0 Å². The molecule has 4 heteroatoms. The van der Waals surface area contributed by atoms with Gasteiger partial charge in [-0.2, -0.15) is 0 Å². The molecule has 1 aliphatic heterocycles. The van der Waals surface area contributed by atoms with Gasteiger partial charge in [-0.25, -0.2) is 0 Å². The summed E-state index contributed by atoms with van der Waals surface area (Å²) in [6, 6.07) is 4.86. The lowest BCUT2D eigenvalue weighted by Crippen LogP contribution is -2.39. The van der Waals surface area contributed by atoms with Crippen molar-refractivity contribution in [3.63, 3.8) is 0 Å². The number of anilines is 1. The summed E-state index contributed by atoms with van der Waals surface area (Å²) in [5, 5.41) is 8.24. The second-order valence-electron chi connectivity index (χ2n) is 3.63. The van der Waals surface area contributed by atoms with E-state index in [0.717, 1.165) is 6.54 Å². The number of piperidine rings is 1. The third kappa shape index (κ3) is 2.97. The lowest BCUT2D eigenvalue weighted by molar-refractivity contribution is 0.414. The molecule has 1 unspecified atom stereocenters. The zero-order valence-electron chi connectivity index (χ0n) is 8.05. The smallest absolute Gasteiger partial charge is 0.0894 e. The summed E-state index contributed by atoms with van der Waals surface area (Å²) < 4.78 is 1.19. The van der Waals surface area contributed by atoms with Gasteiger partial charge in [-0.1, -0.05) is 6.42 Å². The summed E-state index contributed by atoms with van der Waals surface area (Å²) in [4.78, 5) is 0. The molecule has 1 aromatic rings. The number of hydrogen-bond donors (Lipinski definition) is 2. The number of thiophene rings is 1. The Bertz CT molecular complexity index is 281. The van der Waals surface area contributed by atoms with Gasteiger partial charge >= 0.3 is 0 Å². The zero-order chi connectivity index (χ0) is 9.80. The lowest BCUT2D eigenvalue weighted by Gasteiger charge is -2.23. The molecule has 0 aromatic carbocycles. The molecule has 0 saturated carbocycles. The standard InChI is InChI=1S/C10H15BrN2S/c11-9-4-5-10(14-9)13-7-8-3-1-2-6-12-8/h4-5,8,12-13H,1-3,6-7H2. The highest BCUT2D eigenvalue weighted by molar-refractivity contribution is 9.11. The van der Waals surface area contributed by atoms with E-state index in [2.05, 4.69) is 38.7 Å². The molecule has 14 heavy (non-hydrogen) atoms. The van der Waals surface area contributed by atoms with Crippen LogP contribution in [0.2, 0.25) is 0 Å². The van der Waals surface area contributed by atoms with Crippen molar-refractivity contribution in [2.75, 3.05) is 18.4 Å². The van der Waals surface area contributed by atoms with E-state index in [9.17, 15) is 0 Å². The van der Waals surface area contributed by atoms with Crippen molar-refractivity contribution in [3.05, 3.63) is 15.9 Å². The number of nitrogens with one attached hydrogen (secondary N) is 2. The first-order valence-electron chi connectivity index (χ1n) is 5.07. The van der Waals surface area contributed by atoms with Gasteiger partial charge in [-0.15, -0.1) is 11.3 Å². The maximum atomic E-state index is 3.53. The van der Waals surface area contributed by atoms with E-state index < -0.39 is 0 Å². The van der Waals surface area contributed by atoms with Crippen LogP contribution < -0.4 is 10.6 Å². The molecular weight excluding hydrogens is 260 g/mol. The molecule has 2 nitrogen and oxygen atoms in total. The average molecular weight is 275 g/mol. The minimum absolute atomic E-state index is 0.657. The first-order chi connectivity index (χ1) is 6.84. The van der Waals surface area contributed by atoms with E-state index in [1.54, 1.807) is 11.3 Å². The SMILES string of the molecule is Brc1ccc(NCC2CCCCN2)s1. The van der Waals surface area contributed by atoms with Crippen LogP contribution >= 0.6 is 27.3 Å². The second kappa shape index (κ2) is 5.14. The maximum absolute atomic E-state index is 3.53. The van der Waals surface area contributed by atoms with Crippen LogP contribution in [-0.2, 0) is 0 Å². The van der Waals surface area contributed by atoms with Crippen LogP contribution in [-0.4, -0.2) is 19.1 Å². The van der Waals surface area contributed by atoms with Crippen molar-refractivity contribution in [1.82, 2.24) is 5.32 Å². The molecule has 1 aliphatic rings. The molecule has 2 heterocycles. The van der Waals surface area contributed by atoms with Crippen LogP contribution in [0.25, 0.3) is 0 Å². The quantitative estimate of drug-likeness (QED) is 0.886. The highest BCUT2D eigenvalue weighted by atomic mass is 79.9. The molecule has 1 aromatic heterocycles. The number of hydrogen-bond acceptors (Lipinski definition) is 3. The van der Waals surface area contributed by atoms with Crippen LogP contribution in [0, 0.1) is 0 Å². The Morgan fingerprint density at radius 3 is 3.07 bits per heavy atom. The van der Waals surface area contributed by atoms with E-state index >= 15 is 0 Å². The molecule has 1 fully saturated rings. The van der Waals surface area contributed by atoms with Gasteiger partial charge < -0.3 is 10.6 Å². The Hall–Kier alpha value is -0.0600. The van der Waals surface area contributed by atoms with Gasteiger partial charge in [0.25, 0.3) is 0 Å². The van der Waals surface area contributed by atoms with E-state index in [4.69, 9.17) is 0 Å². The first-order valence-corrected chi connectivity index (χ1v) is 6.68. The molecule has 2 N–H and O–H groups in total. The van der Waals surface area contributed by atoms with Crippen LogP contribution in [0.4, 0.5) is 5.00 Å². The Kier molecular flexibility index (Phi) is 3.84. The highest BCUT2D eigenvalue weighted by Gasteiger charge is 2.11. The van der Waals surface area contributed by atoms with Crippen LogP contribution in [0.5, 0.6) is 0 Å². The van der Waals surface area contributed by atoms with E-state index in [-0.39, 0.29) is 0 Å². The van der Waals surface area contributed by atoms with Gasteiger partial charge in [-0.3, -0.25) is 0 Å². The molecule has 2 rings (SSSR count). The summed E-state index contributed by atoms with van der Waals surface area (Å²) in [7, 11) is 0. The first kappa shape index (κ1) is 10.5. The summed E-state index contributed by atoms with van der Waals surface area (Å²) in [6.07, 6.45) is 4.01. The average Bonchev–Trinajstić information content (AvgIpc) is 2.63. The summed E-state index contributed by atoms with van der Waals surface area (Å²) in [5.74, 6) is 0. The van der Waals surface area contributed by atoms with Gasteiger partial charge in [0.15, 0.2) is 0 Å². The largest absolute Gasteiger partial charge is 0.375 e. The fourth-order valence-corrected chi connectivity index (χ4v) is 3.02. The van der Waals surface area contributed by atoms with Crippen molar-refractivity contribution >= 4 is 32.3 Å². The van der Waals surface area contributed by atoms with Gasteiger partial charge in [0.1, 0.15) is 0 Å². The van der Waals surface area contributed by atoms with Crippen LogP contribution in [0.1, 0.15) is 19.3 Å².